The Labute approximate surface area is 147 Å². The molecule has 1 aliphatic heterocycles. The van der Waals surface area contributed by atoms with Crippen molar-refractivity contribution in [2.24, 2.45) is 11.8 Å². The minimum absolute atomic E-state index is 0.215. The van der Waals surface area contributed by atoms with Gasteiger partial charge in [-0.25, -0.2) is 4.79 Å². The summed E-state index contributed by atoms with van der Waals surface area (Å²) in [4.78, 5) is 10.8. The monoisotopic (exact) mass is 370 g/mol. The highest BCUT2D eigenvalue weighted by Gasteiger charge is 2.42. The molecule has 8 heteroatoms. The quantitative estimate of drug-likeness (QED) is 0.684. The zero-order valence-corrected chi connectivity index (χ0v) is 15.1. The van der Waals surface area contributed by atoms with Crippen LogP contribution in [0.2, 0.25) is 0 Å². The van der Waals surface area contributed by atoms with Crippen LogP contribution in [-0.2, 0) is 23.7 Å². The number of halogens is 3. The van der Waals surface area contributed by atoms with Crippen molar-refractivity contribution in [1.29, 1.82) is 0 Å². The first kappa shape index (κ1) is 22.2. The maximum Gasteiger partial charge on any atom is 0.490 e. The zero-order chi connectivity index (χ0) is 18.9. The second-order valence-electron chi connectivity index (χ2n) is 6.11. The lowest BCUT2D eigenvalue weighted by molar-refractivity contribution is -0.325. The molecule has 0 aromatic rings. The van der Waals surface area contributed by atoms with Gasteiger partial charge >= 0.3 is 12.1 Å². The van der Waals surface area contributed by atoms with Gasteiger partial charge < -0.3 is 18.9 Å². The lowest BCUT2D eigenvalue weighted by atomic mass is 9.88. The fraction of sp³-hybridized carbons (Fsp3) is 0.941. The van der Waals surface area contributed by atoms with Gasteiger partial charge in [-0.05, 0) is 38.0 Å². The van der Waals surface area contributed by atoms with Crippen LogP contribution in [-0.4, -0.2) is 44.5 Å². The molecule has 2 aliphatic rings. The summed E-state index contributed by atoms with van der Waals surface area (Å²) in [6, 6.07) is 0. The molecular weight excluding hydrogens is 341 g/mol. The molecule has 0 atom stereocenters. The summed E-state index contributed by atoms with van der Waals surface area (Å²) in [6.45, 7) is 7.07. The van der Waals surface area contributed by atoms with Crippen molar-refractivity contribution < 1.29 is 36.9 Å². The van der Waals surface area contributed by atoms with E-state index in [0.717, 1.165) is 6.42 Å². The molecule has 0 N–H and O–H groups in total. The van der Waals surface area contributed by atoms with Crippen molar-refractivity contribution >= 4 is 5.97 Å². The Morgan fingerprint density at radius 2 is 1.60 bits per heavy atom. The number of carbonyl (C=O) groups is 1. The molecule has 0 bridgehead atoms. The summed E-state index contributed by atoms with van der Waals surface area (Å²) in [5, 5.41) is 0. The van der Waals surface area contributed by atoms with Gasteiger partial charge in [0.25, 0.3) is 6.48 Å². The minimum atomic E-state index is -4.92. The highest BCUT2D eigenvalue weighted by Crippen LogP contribution is 2.29. The molecule has 0 amide bonds. The standard InChI is InChI=1S/C15H23F3O5.C2H6/c1-2-10-7-20-14(21-8-10)22-9-11-3-5-12(6-4-11)23-13(19)15(16,17)18;1-2/h10-12,14H,2-9H2,1H3;1-2H3. The van der Waals surface area contributed by atoms with Gasteiger partial charge in [0.05, 0.1) is 19.8 Å². The van der Waals surface area contributed by atoms with Crippen molar-refractivity contribution in [3.63, 3.8) is 0 Å². The van der Waals surface area contributed by atoms with Crippen LogP contribution in [0.5, 0.6) is 0 Å². The fourth-order valence-electron chi connectivity index (χ4n) is 2.71. The van der Waals surface area contributed by atoms with Gasteiger partial charge in [-0.15, -0.1) is 0 Å². The van der Waals surface area contributed by atoms with E-state index in [9.17, 15) is 18.0 Å². The van der Waals surface area contributed by atoms with E-state index in [1.165, 1.54) is 0 Å². The first-order chi connectivity index (χ1) is 11.9. The van der Waals surface area contributed by atoms with Crippen molar-refractivity contribution in [3.05, 3.63) is 0 Å². The van der Waals surface area contributed by atoms with E-state index in [2.05, 4.69) is 11.7 Å². The van der Waals surface area contributed by atoms with Crippen LogP contribution in [0.3, 0.4) is 0 Å². The molecule has 1 aliphatic carbocycles. The molecule has 0 spiro atoms. The predicted octanol–water partition coefficient (Wildman–Crippen LogP) is 4.05. The second-order valence-corrected chi connectivity index (χ2v) is 6.11. The van der Waals surface area contributed by atoms with Gasteiger partial charge in [-0.2, -0.15) is 13.2 Å². The van der Waals surface area contributed by atoms with Crippen LogP contribution in [0.4, 0.5) is 13.2 Å². The lowest BCUT2D eigenvalue weighted by Crippen LogP contribution is -2.36. The third kappa shape index (κ3) is 7.92. The van der Waals surface area contributed by atoms with Crippen molar-refractivity contribution in [3.8, 4) is 0 Å². The van der Waals surface area contributed by atoms with Gasteiger partial charge in [-0.3, -0.25) is 0 Å². The number of esters is 1. The van der Waals surface area contributed by atoms with E-state index in [4.69, 9.17) is 14.2 Å². The van der Waals surface area contributed by atoms with Crippen LogP contribution in [0, 0.1) is 11.8 Å². The largest absolute Gasteiger partial charge is 0.490 e. The lowest BCUT2D eigenvalue weighted by Gasteiger charge is -2.31. The van der Waals surface area contributed by atoms with Gasteiger partial charge in [0.15, 0.2) is 0 Å². The maximum absolute atomic E-state index is 12.1. The summed E-state index contributed by atoms with van der Waals surface area (Å²) in [6.07, 6.45) is -2.45. The molecule has 1 saturated heterocycles. The van der Waals surface area contributed by atoms with E-state index in [-0.39, 0.29) is 5.92 Å². The molecule has 0 aromatic carbocycles. The normalized spacial score (nSPS) is 30.2. The molecule has 1 saturated carbocycles. The third-order valence-electron chi connectivity index (χ3n) is 4.28. The Balaban J connectivity index is 0.00000151. The summed E-state index contributed by atoms with van der Waals surface area (Å²) in [7, 11) is 0. The Morgan fingerprint density at radius 1 is 1.04 bits per heavy atom. The summed E-state index contributed by atoms with van der Waals surface area (Å²) in [5.74, 6) is -1.49. The van der Waals surface area contributed by atoms with E-state index in [1.54, 1.807) is 0 Å². The summed E-state index contributed by atoms with van der Waals surface area (Å²) < 4.78 is 57.3. The average molecular weight is 370 g/mol. The van der Waals surface area contributed by atoms with E-state index in [1.807, 2.05) is 13.8 Å². The van der Waals surface area contributed by atoms with E-state index < -0.39 is 24.7 Å². The molecule has 25 heavy (non-hydrogen) atoms. The molecule has 2 fully saturated rings. The summed E-state index contributed by atoms with van der Waals surface area (Å²) in [5.41, 5.74) is 0. The molecular formula is C17H29F3O5. The van der Waals surface area contributed by atoms with Crippen LogP contribution >= 0.6 is 0 Å². The van der Waals surface area contributed by atoms with Crippen LogP contribution in [0.15, 0.2) is 0 Å². The number of carbonyl (C=O) groups excluding carboxylic acids is 1. The fourth-order valence-corrected chi connectivity index (χ4v) is 2.71. The van der Waals surface area contributed by atoms with Crippen LogP contribution in [0.1, 0.15) is 52.9 Å². The topological polar surface area (TPSA) is 54.0 Å². The van der Waals surface area contributed by atoms with Gasteiger partial charge in [0, 0.05) is 5.92 Å². The molecule has 2 rings (SSSR count). The number of hydrogen-bond donors (Lipinski definition) is 0. The van der Waals surface area contributed by atoms with Gasteiger partial charge in [0.2, 0.25) is 0 Å². The summed E-state index contributed by atoms with van der Waals surface area (Å²) >= 11 is 0. The van der Waals surface area contributed by atoms with Crippen molar-refractivity contribution in [1.82, 2.24) is 0 Å². The average Bonchev–Trinajstić information content (AvgIpc) is 2.62. The van der Waals surface area contributed by atoms with Crippen molar-refractivity contribution in [2.75, 3.05) is 19.8 Å². The molecule has 0 radical (unpaired) electrons. The third-order valence-corrected chi connectivity index (χ3v) is 4.28. The molecule has 0 aromatic heterocycles. The molecule has 0 unspecified atom stereocenters. The Hall–Kier alpha value is -0.860. The number of hydrogen-bond acceptors (Lipinski definition) is 5. The van der Waals surface area contributed by atoms with E-state index >= 15 is 0 Å². The number of rotatable bonds is 5. The highest BCUT2D eigenvalue weighted by atomic mass is 19.4. The minimum Gasteiger partial charge on any atom is -0.456 e. The molecule has 148 valence electrons. The predicted molar refractivity (Wildman–Crippen MR) is 84.7 cm³/mol. The molecule has 5 nitrogen and oxygen atoms in total. The first-order valence-electron chi connectivity index (χ1n) is 9.01. The van der Waals surface area contributed by atoms with Gasteiger partial charge in [-0.1, -0.05) is 20.8 Å². The smallest absolute Gasteiger partial charge is 0.456 e. The van der Waals surface area contributed by atoms with Gasteiger partial charge in [0.1, 0.15) is 6.10 Å². The number of alkyl halides is 3. The van der Waals surface area contributed by atoms with Crippen LogP contribution in [0.25, 0.3) is 0 Å². The SMILES string of the molecule is CC.CCC1COC(OCC2CCC(OC(=O)C(F)(F)F)CC2)OC1. The Bertz CT molecular complexity index is 373. The first-order valence-corrected chi connectivity index (χ1v) is 9.01. The molecule has 1 heterocycles. The maximum atomic E-state index is 12.1. The number of ether oxygens (including phenoxy) is 4. The van der Waals surface area contributed by atoms with Crippen molar-refractivity contribution in [2.45, 2.75) is 71.6 Å². The zero-order valence-electron chi connectivity index (χ0n) is 15.1. The van der Waals surface area contributed by atoms with Crippen LogP contribution < -0.4 is 0 Å². The highest BCUT2D eigenvalue weighted by molar-refractivity contribution is 5.75. The Kier molecular flexibility index (Phi) is 9.74. The Morgan fingerprint density at radius 3 is 2.08 bits per heavy atom. The van der Waals surface area contributed by atoms with E-state index in [0.29, 0.717) is 51.4 Å². The second kappa shape index (κ2) is 11.0.